The molecule has 0 heterocycles. The highest BCUT2D eigenvalue weighted by molar-refractivity contribution is 14.1. The molecule has 0 saturated heterocycles. The number of nitriles is 1. The Morgan fingerprint density at radius 3 is 2.85 bits per heavy atom. The summed E-state index contributed by atoms with van der Waals surface area (Å²) in [6.07, 6.45) is 3.91. The molecular formula is C11H12IN. The molecule has 0 spiro atoms. The molecule has 0 aromatic heterocycles. The molecule has 0 unspecified atom stereocenters. The summed E-state index contributed by atoms with van der Waals surface area (Å²) in [7, 11) is 0. The lowest BCUT2D eigenvalue weighted by molar-refractivity contribution is 0.752. The fraction of sp³-hybridized carbons (Fsp3) is 0.364. The molecule has 1 nitrogen and oxygen atoms in total. The van der Waals surface area contributed by atoms with E-state index < -0.39 is 0 Å². The van der Waals surface area contributed by atoms with Gasteiger partial charge < -0.3 is 0 Å². The Hall–Kier alpha value is -0.560. The molecule has 0 bridgehead atoms. The molecule has 0 atom stereocenters. The predicted molar refractivity (Wildman–Crippen MR) is 62.3 cm³/mol. The molecule has 2 heteroatoms. The molecule has 1 aromatic rings. The Balaban J connectivity index is 2.33. The monoisotopic (exact) mass is 285 g/mol. The van der Waals surface area contributed by atoms with E-state index in [1.807, 2.05) is 0 Å². The summed E-state index contributed by atoms with van der Waals surface area (Å²) in [5.74, 6) is 0. The van der Waals surface area contributed by atoms with E-state index in [4.69, 9.17) is 5.26 Å². The van der Waals surface area contributed by atoms with E-state index in [0.717, 1.165) is 19.3 Å². The summed E-state index contributed by atoms with van der Waals surface area (Å²) >= 11 is 2.32. The van der Waals surface area contributed by atoms with Crippen molar-refractivity contribution in [2.24, 2.45) is 0 Å². The summed E-state index contributed by atoms with van der Waals surface area (Å²) in [5.41, 5.74) is 1.38. The van der Waals surface area contributed by atoms with Gasteiger partial charge in [-0.1, -0.05) is 12.1 Å². The van der Waals surface area contributed by atoms with Crippen molar-refractivity contribution >= 4 is 22.6 Å². The van der Waals surface area contributed by atoms with E-state index in [9.17, 15) is 0 Å². The second kappa shape index (κ2) is 5.98. The van der Waals surface area contributed by atoms with Gasteiger partial charge in [0.15, 0.2) is 0 Å². The van der Waals surface area contributed by atoms with Crippen LogP contribution in [0.5, 0.6) is 0 Å². The topological polar surface area (TPSA) is 23.8 Å². The van der Waals surface area contributed by atoms with Crippen molar-refractivity contribution < 1.29 is 0 Å². The van der Waals surface area contributed by atoms with Crippen molar-refractivity contribution in [1.29, 1.82) is 5.26 Å². The minimum atomic E-state index is 0.684. The first-order valence-corrected chi connectivity index (χ1v) is 5.52. The molecule has 1 rings (SSSR count). The number of hydrogen-bond donors (Lipinski definition) is 0. The van der Waals surface area contributed by atoms with Gasteiger partial charge in [-0.25, -0.2) is 0 Å². The van der Waals surface area contributed by atoms with E-state index in [-0.39, 0.29) is 0 Å². The second-order valence-electron chi connectivity index (χ2n) is 3.00. The van der Waals surface area contributed by atoms with E-state index in [0.29, 0.717) is 6.42 Å². The third kappa shape index (κ3) is 4.28. The zero-order chi connectivity index (χ0) is 9.52. The maximum atomic E-state index is 8.36. The third-order valence-electron chi connectivity index (χ3n) is 1.89. The maximum absolute atomic E-state index is 8.36. The minimum absolute atomic E-state index is 0.684. The first-order valence-electron chi connectivity index (χ1n) is 4.44. The Bertz CT molecular complexity index is 301. The Labute approximate surface area is 92.9 Å². The van der Waals surface area contributed by atoms with Gasteiger partial charge in [0, 0.05) is 9.99 Å². The third-order valence-corrected chi connectivity index (χ3v) is 2.56. The molecule has 68 valence electrons. The van der Waals surface area contributed by atoms with Crippen molar-refractivity contribution in [3.8, 4) is 6.07 Å². The number of benzene rings is 1. The lowest BCUT2D eigenvalue weighted by Crippen LogP contribution is -1.85. The average molecular weight is 285 g/mol. The lowest BCUT2D eigenvalue weighted by Gasteiger charge is -1.99. The van der Waals surface area contributed by atoms with E-state index in [2.05, 4.69) is 52.9 Å². The highest BCUT2D eigenvalue weighted by Crippen LogP contribution is 2.10. The van der Waals surface area contributed by atoms with Crippen molar-refractivity contribution in [3.63, 3.8) is 0 Å². The number of unbranched alkanes of at least 4 members (excludes halogenated alkanes) is 2. The minimum Gasteiger partial charge on any atom is -0.198 e. The van der Waals surface area contributed by atoms with Gasteiger partial charge in [-0.3, -0.25) is 0 Å². The Kier molecular flexibility index (Phi) is 4.84. The number of nitrogens with zero attached hydrogens (tertiary/aromatic N) is 1. The van der Waals surface area contributed by atoms with Gasteiger partial charge in [0.05, 0.1) is 6.07 Å². The molecule has 0 aliphatic carbocycles. The van der Waals surface area contributed by atoms with Crippen molar-refractivity contribution in [2.45, 2.75) is 25.7 Å². The number of halogens is 1. The number of aryl methyl sites for hydroxylation is 1. The second-order valence-corrected chi connectivity index (χ2v) is 4.24. The molecule has 0 amide bonds. The molecular weight excluding hydrogens is 273 g/mol. The van der Waals surface area contributed by atoms with Gasteiger partial charge in [0.25, 0.3) is 0 Å². The molecule has 13 heavy (non-hydrogen) atoms. The van der Waals surface area contributed by atoms with Crippen LogP contribution in [0.25, 0.3) is 0 Å². The van der Waals surface area contributed by atoms with Crippen molar-refractivity contribution in [3.05, 3.63) is 33.4 Å². The van der Waals surface area contributed by atoms with Crippen LogP contribution >= 0.6 is 22.6 Å². The fourth-order valence-corrected chi connectivity index (χ4v) is 1.83. The lowest BCUT2D eigenvalue weighted by atomic mass is 10.1. The highest BCUT2D eigenvalue weighted by Gasteiger charge is 1.93. The molecule has 0 N–H and O–H groups in total. The van der Waals surface area contributed by atoms with Gasteiger partial charge >= 0.3 is 0 Å². The zero-order valence-electron chi connectivity index (χ0n) is 7.46. The van der Waals surface area contributed by atoms with Crippen LogP contribution in [0, 0.1) is 14.9 Å². The largest absolute Gasteiger partial charge is 0.198 e. The first kappa shape index (κ1) is 10.5. The van der Waals surface area contributed by atoms with E-state index >= 15 is 0 Å². The molecule has 0 fully saturated rings. The number of rotatable bonds is 4. The summed E-state index contributed by atoms with van der Waals surface area (Å²) in [4.78, 5) is 0. The SMILES string of the molecule is N#CCCCCc1cccc(I)c1. The molecule has 0 aliphatic rings. The van der Waals surface area contributed by atoms with Crippen LogP contribution in [0.2, 0.25) is 0 Å². The molecule has 0 aliphatic heterocycles. The number of hydrogen-bond acceptors (Lipinski definition) is 1. The fourth-order valence-electron chi connectivity index (χ4n) is 1.23. The Morgan fingerprint density at radius 2 is 2.15 bits per heavy atom. The van der Waals surface area contributed by atoms with Crippen LogP contribution in [-0.2, 0) is 6.42 Å². The summed E-state index contributed by atoms with van der Waals surface area (Å²) in [6, 6.07) is 10.7. The summed E-state index contributed by atoms with van der Waals surface area (Å²) in [5, 5.41) is 8.36. The van der Waals surface area contributed by atoms with Gasteiger partial charge in [0.1, 0.15) is 0 Å². The van der Waals surface area contributed by atoms with Gasteiger partial charge in [-0.05, 0) is 59.5 Å². The van der Waals surface area contributed by atoms with E-state index in [1.165, 1.54) is 9.13 Å². The van der Waals surface area contributed by atoms with Crippen LogP contribution in [0.1, 0.15) is 24.8 Å². The maximum Gasteiger partial charge on any atom is 0.0621 e. The van der Waals surface area contributed by atoms with Gasteiger partial charge in [-0.15, -0.1) is 0 Å². The standard InChI is InChI=1S/C11H12IN/c12-11-7-4-6-10(9-11)5-2-1-3-8-13/h4,6-7,9H,1-3,5H2. The van der Waals surface area contributed by atoms with Crippen LogP contribution in [0.3, 0.4) is 0 Å². The average Bonchev–Trinajstić information content (AvgIpc) is 2.13. The quantitative estimate of drug-likeness (QED) is 0.613. The van der Waals surface area contributed by atoms with Crippen molar-refractivity contribution in [2.75, 3.05) is 0 Å². The zero-order valence-corrected chi connectivity index (χ0v) is 9.62. The van der Waals surface area contributed by atoms with E-state index in [1.54, 1.807) is 0 Å². The smallest absolute Gasteiger partial charge is 0.0621 e. The summed E-state index contributed by atoms with van der Waals surface area (Å²) < 4.78 is 1.29. The predicted octanol–water partition coefficient (Wildman–Crippen LogP) is 3.53. The van der Waals surface area contributed by atoms with Crippen molar-refractivity contribution in [1.82, 2.24) is 0 Å². The van der Waals surface area contributed by atoms with Crippen LogP contribution in [0.4, 0.5) is 0 Å². The molecule has 0 radical (unpaired) electrons. The highest BCUT2D eigenvalue weighted by atomic mass is 127. The Morgan fingerprint density at radius 1 is 1.31 bits per heavy atom. The normalized spacial score (nSPS) is 9.54. The first-order chi connectivity index (χ1) is 6.33. The summed E-state index contributed by atoms with van der Waals surface area (Å²) in [6.45, 7) is 0. The van der Waals surface area contributed by atoms with Gasteiger partial charge in [0.2, 0.25) is 0 Å². The van der Waals surface area contributed by atoms with Crippen LogP contribution in [0.15, 0.2) is 24.3 Å². The van der Waals surface area contributed by atoms with Crippen LogP contribution in [-0.4, -0.2) is 0 Å². The van der Waals surface area contributed by atoms with Gasteiger partial charge in [-0.2, -0.15) is 5.26 Å². The molecule has 0 saturated carbocycles. The van der Waals surface area contributed by atoms with Crippen LogP contribution < -0.4 is 0 Å². The molecule has 1 aromatic carbocycles.